The summed E-state index contributed by atoms with van der Waals surface area (Å²) >= 11 is 0. The van der Waals surface area contributed by atoms with Crippen molar-refractivity contribution in [2.75, 3.05) is 6.61 Å². The monoisotopic (exact) mass is 258 g/mol. The van der Waals surface area contributed by atoms with Crippen LogP contribution >= 0.6 is 0 Å². The van der Waals surface area contributed by atoms with Crippen molar-refractivity contribution in [3.63, 3.8) is 0 Å². The summed E-state index contributed by atoms with van der Waals surface area (Å²) in [7, 11) is 0. The number of nitrogens with zero attached hydrogens (tertiary/aromatic N) is 1. The van der Waals surface area contributed by atoms with Crippen LogP contribution in [0.25, 0.3) is 11.3 Å². The fraction of sp³-hybridized carbons (Fsp3) is 0.214. The van der Waals surface area contributed by atoms with E-state index in [-0.39, 0.29) is 17.5 Å². The SMILES string of the molecule is CCOC(=O)Cc1n[nH]c(-c2ccccc2)cc1=O. The van der Waals surface area contributed by atoms with Gasteiger partial charge in [0, 0.05) is 6.07 Å². The Balaban J connectivity index is 2.23. The molecule has 1 heterocycles. The van der Waals surface area contributed by atoms with E-state index in [2.05, 4.69) is 10.2 Å². The third-order valence-corrected chi connectivity index (χ3v) is 2.57. The molecule has 0 fully saturated rings. The van der Waals surface area contributed by atoms with Crippen LogP contribution in [0.5, 0.6) is 0 Å². The van der Waals surface area contributed by atoms with Gasteiger partial charge in [0.05, 0.1) is 18.7 Å². The number of rotatable bonds is 4. The van der Waals surface area contributed by atoms with Crippen LogP contribution in [0.3, 0.4) is 0 Å². The van der Waals surface area contributed by atoms with Crippen LogP contribution < -0.4 is 5.43 Å². The van der Waals surface area contributed by atoms with Gasteiger partial charge in [-0.15, -0.1) is 0 Å². The van der Waals surface area contributed by atoms with Gasteiger partial charge in [0.15, 0.2) is 0 Å². The number of benzene rings is 1. The van der Waals surface area contributed by atoms with Crippen molar-refractivity contribution in [3.8, 4) is 11.3 Å². The molecule has 0 unspecified atom stereocenters. The van der Waals surface area contributed by atoms with Crippen LogP contribution in [-0.4, -0.2) is 22.8 Å². The van der Waals surface area contributed by atoms with Crippen LogP contribution in [0.2, 0.25) is 0 Å². The Labute approximate surface area is 110 Å². The summed E-state index contributed by atoms with van der Waals surface area (Å²) in [6.45, 7) is 2.01. The number of ether oxygens (including phenoxy) is 1. The van der Waals surface area contributed by atoms with Gasteiger partial charge in [0.25, 0.3) is 0 Å². The first-order valence-electron chi connectivity index (χ1n) is 6.00. The Bertz CT molecular complexity index is 620. The summed E-state index contributed by atoms with van der Waals surface area (Å²) in [6.07, 6.45) is -0.113. The average Bonchev–Trinajstić information content (AvgIpc) is 2.42. The normalized spacial score (nSPS) is 10.2. The van der Waals surface area contributed by atoms with E-state index in [1.807, 2.05) is 30.3 Å². The summed E-state index contributed by atoms with van der Waals surface area (Å²) in [6, 6.07) is 10.8. The fourth-order valence-electron chi connectivity index (χ4n) is 1.67. The number of H-pyrrole nitrogens is 1. The van der Waals surface area contributed by atoms with Crippen LogP contribution in [0, 0.1) is 0 Å². The van der Waals surface area contributed by atoms with Crippen LogP contribution in [-0.2, 0) is 16.0 Å². The summed E-state index contributed by atoms with van der Waals surface area (Å²) in [5.74, 6) is -0.451. The summed E-state index contributed by atoms with van der Waals surface area (Å²) < 4.78 is 4.78. The maximum absolute atomic E-state index is 11.9. The van der Waals surface area contributed by atoms with Gasteiger partial charge in [0.1, 0.15) is 5.69 Å². The van der Waals surface area contributed by atoms with E-state index in [0.717, 1.165) is 5.56 Å². The molecule has 0 bridgehead atoms. The van der Waals surface area contributed by atoms with Crippen LogP contribution in [0.1, 0.15) is 12.6 Å². The number of carbonyl (C=O) groups is 1. The number of hydrogen-bond donors (Lipinski definition) is 1. The largest absolute Gasteiger partial charge is 0.466 e. The van der Waals surface area contributed by atoms with Crippen molar-refractivity contribution in [2.45, 2.75) is 13.3 Å². The van der Waals surface area contributed by atoms with Crippen LogP contribution in [0.15, 0.2) is 41.2 Å². The van der Waals surface area contributed by atoms with Gasteiger partial charge in [-0.25, -0.2) is 0 Å². The van der Waals surface area contributed by atoms with Crippen molar-refractivity contribution >= 4 is 5.97 Å². The number of aromatic amines is 1. The molecule has 0 amide bonds. The molecule has 0 aliphatic heterocycles. The van der Waals surface area contributed by atoms with Gasteiger partial charge >= 0.3 is 5.97 Å². The molecule has 0 radical (unpaired) electrons. The first kappa shape index (κ1) is 13.0. The molecular weight excluding hydrogens is 244 g/mol. The second-order valence-corrected chi connectivity index (χ2v) is 3.94. The van der Waals surface area contributed by atoms with E-state index >= 15 is 0 Å². The quantitative estimate of drug-likeness (QED) is 0.844. The van der Waals surface area contributed by atoms with E-state index in [1.165, 1.54) is 6.07 Å². The van der Waals surface area contributed by atoms with Crippen molar-refractivity contribution in [1.82, 2.24) is 10.2 Å². The highest BCUT2D eigenvalue weighted by molar-refractivity contribution is 5.72. The lowest BCUT2D eigenvalue weighted by Crippen LogP contribution is -2.18. The molecule has 1 N–H and O–H groups in total. The predicted octanol–water partition coefficient (Wildman–Crippen LogP) is 1.54. The minimum atomic E-state index is -0.451. The van der Waals surface area contributed by atoms with Crippen molar-refractivity contribution in [3.05, 3.63) is 52.3 Å². The highest BCUT2D eigenvalue weighted by Gasteiger charge is 2.10. The van der Waals surface area contributed by atoms with Gasteiger partial charge in [-0.2, -0.15) is 5.10 Å². The molecule has 0 atom stereocenters. The summed E-state index contributed by atoms with van der Waals surface area (Å²) in [5.41, 5.74) is 1.39. The lowest BCUT2D eigenvalue weighted by Gasteiger charge is -2.03. The summed E-state index contributed by atoms with van der Waals surface area (Å²) in [5, 5.41) is 6.72. The smallest absolute Gasteiger partial charge is 0.312 e. The zero-order valence-electron chi connectivity index (χ0n) is 10.6. The van der Waals surface area contributed by atoms with Crippen molar-refractivity contribution in [2.24, 2.45) is 0 Å². The van der Waals surface area contributed by atoms with Gasteiger partial charge in [-0.3, -0.25) is 14.7 Å². The standard InChI is InChI=1S/C14H14N2O3/c1-2-19-14(18)9-12-13(17)8-11(15-16-12)10-6-4-3-5-7-10/h3-8H,2,9H2,1H3,(H,15,17). The Hall–Kier alpha value is -2.43. The molecule has 0 saturated heterocycles. The number of hydrogen-bond acceptors (Lipinski definition) is 4. The van der Waals surface area contributed by atoms with Crippen LogP contribution in [0.4, 0.5) is 0 Å². The van der Waals surface area contributed by atoms with Gasteiger partial charge in [-0.1, -0.05) is 30.3 Å². The molecular formula is C14H14N2O3. The molecule has 98 valence electrons. The molecule has 0 aliphatic carbocycles. The first-order chi connectivity index (χ1) is 9.20. The Morgan fingerprint density at radius 2 is 2.05 bits per heavy atom. The highest BCUT2D eigenvalue weighted by atomic mass is 16.5. The lowest BCUT2D eigenvalue weighted by molar-refractivity contribution is -0.142. The third-order valence-electron chi connectivity index (χ3n) is 2.57. The minimum absolute atomic E-state index is 0.113. The van der Waals surface area contributed by atoms with E-state index in [1.54, 1.807) is 6.92 Å². The molecule has 2 aromatic rings. The molecule has 1 aromatic heterocycles. The van der Waals surface area contributed by atoms with E-state index in [4.69, 9.17) is 4.74 Å². The Morgan fingerprint density at radius 1 is 1.32 bits per heavy atom. The zero-order valence-corrected chi connectivity index (χ0v) is 10.6. The maximum atomic E-state index is 11.9. The van der Waals surface area contributed by atoms with E-state index in [0.29, 0.717) is 12.3 Å². The predicted molar refractivity (Wildman–Crippen MR) is 70.6 cm³/mol. The average molecular weight is 258 g/mol. The molecule has 5 heteroatoms. The van der Waals surface area contributed by atoms with Gasteiger partial charge in [-0.05, 0) is 12.5 Å². The maximum Gasteiger partial charge on any atom is 0.312 e. The topological polar surface area (TPSA) is 72.0 Å². The first-order valence-corrected chi connectivity index (χ1v) is 6.00. The molecule has 19 heavy (non-hydrogen) atoms. The number of carbonyl (C=O) groups excluding carboxylic acids is 1. The molecule has 0 saturated carbocycles. The second kappa shape index (κ2) is 5.95. The van der Waals surface area contributed by atoms with Gasteiger partial charge in [0.2, 0.25) is 5.43 Å². The van der Waals surface area contributed by atoms with Gasteiger partial charge < -0.3 is 4.74 Å². The fourth-order valence-corrected chi connectivity index (χ4v) is 1.67. The van der Waals surface area contributed by atoms with E-state index < -0.39 is 5.97 Å². The Morgan fingerprint density at radius 3 is 2.68 bits per heavy atom. The zero-order chi connectivity index (χ0) is 13.7. The minimum Gasteiger partial charge on any atom is -0.466 e. The summed E-state index contributed by atoms with van der Waals surface area (Å²) in [4.78, 5) is 23.2. The number of aromatic nitrogens is 2. The van der Waals surface area contributed by atoms with Crippen molar-refractivity contribution in [1.29, 1.82) is 0 Å². The van der Waals surface area contributed by atoms with E-state index in [9.17, 15) is 9.59 Å². The molecule has 5 nitrogen and oxygen atoms in total. The number of esters is 1. The molecule has 0 aliphatic rings. The number of nitrogens with one attached hydrogen (secondary N) is 1. The van der Waals surface area contributed by atoms with Crippen molar-refractivity contribution < 1.29 is 9.53 Å². The lowest BCUT2D eigenvalue weighted by atomic mass is 10.1. The molecule has 2 rings (SSSR count). The molecule has 1 aromatic carbocycles. The highest BCUT2D eigenvalue weighted by Crippen LogP contribution is 2.13. The second-order valence-electron chi connectivity index (χ2n) is 3.94. The Kier molecular flexibility index (Phi) is 4.07. The molecule has 0 spiro atoms. The third kappa shape index (κ3) is 3.28.